The van der Waals surface area contributed by atoms with Crippen LogP contribution >= 0.6 is 0 Å². The van der Waals surface area contributed by atoms with Crippen LogP contribution in [0.1, 0.15) is 35.6 Å². The van der Waals surface area contributed by atoms with Gasteiger partial charge in [-0.15, -0.1) is 0 Å². The minimum absolute atomic E-state index is 0.221. The minimum atomic E-state index is -0.970. The predicted molar refractivity (Wildman–Crippen MR) is 119 cm³/mol. The van der Waals surface area contributed by atoms with E-state index in [1.165, 1.54) is 5.56 Å². The quantitative estimate of drug-likeness (QED) is 0.586. The highest BCUT2D eigenvalue weighted by atomic mass is 16.6. The molecule has 0 spiro atoms. The first-order valence-corrected chi connectivity index (χ1v) is 10.6. The van der Waals surface area contributed by atoms with Gasteiger partial charge in [-0.2, -0.15) is 0 Å². The molecule has 0 amide bonds. The number of rotatable bonds is 4. The number of carbonyl (C=O) groups is 1. The van der Waals surface area contributed by atoms with E-state index in [1.54, 1.807) is 0 Å². The summed E-state index contributed by atoms with van der Waals surface area (Å²) in [5, 5.41) is 0. The molecule has 150 valence electrons. The van der Waals surface area contributed by atoms with Crippen molar-refractivity contribution in [2.75, 3.05) is 0 Å². The Morgan fingerprint density at radius 1 is 0.833 bits per heavy atom. The second kappa shape index (κ2) is 7.24. The molecule has 0 aromatic heterocycles. The Labute approximate surface area is 177 Å². The fourth-order valence-electron chi connectivity index (χ4n) is 4.74. The molecule has 1 aliphatic heterocycles. The van der Waals surface area contributed by atoms with Gasteiger partial charge in [0, 0.05) is 18.4 Å². The van der Waals surface area contributed by atoms with Crippen LogP contribution in [0.2, 0.25) is 0 Å². The standard InChI is InChI=1S/C27H25NO2/c1-26-17-16-22-14-8-9-15-23(22)24(26)28-27(25(29)30-26,18-20-10-4-2-5-11-20)19-21-12-6-3-7-13-21/h2-15H,16-19H2,1H3/t26-/m1/s1. The number of esters is 1. The second-order valence-electron chi connectivity index (χ2n) is 8.59. The summed E-state index contributed by atoms with van der Waals surface area (Å²) in [6.07, 6.45) is 2.69. The topological polar surface area (TPSA) is 38.7 Å². The molecule has 0 radical (unpaired) electrons. The van der Waals surface area contributed by atoms with Gasteiger partial charge >= 0.3 is 5.97 Å². The third-order valence-electron chi connectivity index (χ3n) is 6.35. The average Bonchev–Trinajstić information content (AvgIpc) is 2.76. The molecule has 0 unspecified atom stereocenters. The molecule has 3 heteroatoms. The molecule has 0 N–H and O–H groups in total. The Hall–Kier alpha value is -3.20. The largest absolute Gasteiger partial charge is 0.451 e. The van der Waals surface area contributed by atoms with E-state index in [-0.39, 0.29) is 5.97 Å². The van der Waals surface area contributed by atoms with Gasteiger partial charge < -0.3 is 4.74 Å². The molecular weight excluding hydrogens is 370 g/mol. The molecule has 0 bridgehead atoms. The molecule has 2 aliphatic rings. The molecule has 5 rings (SSSR count). The van der Waals surface area contributed by atoms with E-state index >= 15 is 0 Å². The normalized spacial score (nSPS) is 21.8. The number of aliphatic imine (C=N–C) groups is 1. The maximum absolute atomic E-state index is 13.6. The predicted octanol–water partition coefficient (Wildman–Crippen LogP) is 4.96. The summed E-state index contributed by atoms with van der Waals surface area (Å²) < 4.78 is 6.23. The zero-order valence-corrected chi connectivity index (χ0v) is 17.2. The van der Waals surface area contributed by atoms with Crippen LogP contribution in [-0.2, 0) is 28.8 Å². The van der Waals surface area contributed by atoms with Crippen LogP contribution in [0.4, 0.5) is 0 Å². The lowest BCUT2D eigenvalue weighted by atomic mass is 9.75. The highest BCUT2D eigenvalue weighted by Gasteiger charge is 2.52. The van der Waals surface area contributed by atoms with E-state index in [1.807, 2.05) is 49.4 Å². The van der Waals surface area contributed by atoms with Gasteiger partial charge in [0.25, 0.3) is 0 Å². The van der Waals surface area contributed by atoms with Gasteiger partial charge in [-0.1, -0.05) is 84.9 Å². The number of fused-ring (bicyclic) bond motifs is 3. The summed E-state index contributed by atoms with van der Waals surface area (Å²) >= 11 is 0. The lowest BCUT2D eigenvalue weighted by molar-refractivity contribution is -0.161. The highest BCUT2D eigenvalue weighted by molar-refractivity contribution is 6.12. The van der Waals surface area contributed by atoms with Crippen molar-refractivity contribution < 1.29 is 9.53 Å². The van der Waals surface area contributed by atoms with E-state index in [4.69, 9.17) is 9.73 Å². The van der Waals surface area contributed by atoms with Crippen LogP contribution in [0, 0.1) is 0 Å². The molecule has 3 aromatic rings. The van der Waals surface area contributed by atoms with E-state index in [0.717, 1.165) is 35.2 Å². The molecule has 0 saturated carbocycles. The molecule has 30 heavy (non-hydrogen) atoms. The number of ether oxygens (including phenoxy) is 1. The minimum Gasteiger partial charge on any atom is -0.451 e. The molecule has 1 aliphatic carbocycles. The molecule has 0 fully saturated rings. The zero-order chi connectivity index (χ0) is 20.6. The zero-order valence-electron chi connectivity index (χ0n) is 17.2. The van der Waals surface area contributed by atoms with E-state index in [0.29, 0.717) is 12.8 Å². The van der Waals surface area contributed by atoms with Crippen molar-refractivity contribution in [3.8, 4) is 0 Å². The van der Waals surface area contributed by atoms with E-state index in [2.05, 4.69) is 42.5 Å². The van der Waals surface area contributed by atoms with Crippen molar-refractivity contribution in [1.29, 1.82) is 0 Å². The van der Waals surface area contributed by atoms with Crippen LogP contribution < -0.4 is 0 Å². The van der Waals surface area contributed by atoms with E-state index in [9.17, 15) is 4.79 Å². The van der Waals surface area contributed by atoms with Crippen molar-refractivity contribution in [2.24, 2.45) is 4.99 Å². The van der Waals surface area contributed by atoms with Gasteiger partial charge in [0.05, 0.1) is 5.71 Å². The molecule has 3 aromatic carbocycles. The van der Waals surface area contributed by atoms with Crippen molar-refractivity contribution in [3.05, 3.63) is 107 Å². The first kappa shape index (κ1) is 18.8. The maximum atomic E-state index is 13.6. The first-order chi connectivity index (χ1) is 14.6. The van der Waals surface area contributed by atoms with E-state index < -0.39 is 11.1 Å². The Morgan fingerprint density at radius 3 is 2.03 bits per heavy atom. The Kier molecular flexibility index (Phi) is 4.54. The summed E-state index contributed by atoms with van der Waals surface area (Å²) in [7, 11) is 0. The molecule has 1 heterocycles. The van der Waals surface area contributed by atoms with Crippen LogP contribution in [0.15, 0.2) is 89.9 Å². The molecule has 0 saturated heterocycles. The second-order valence-corrected chi connectivity index (χ2v) is 8.59. The number of benzene rings is 3. The number of hydrogen-bond donors (Lipinski definition) is 0. The lowest BCUT2D eigenvalue weighted by Gasteiger charge is -2.44. The molecular formula is C27H25NO2. The van der Waals surface area contributed by atoms with Crippen molar-refractivity contribution in [1.82, 2.24) is 0 Å². The summed E-state index contributed by atoms with van der Waals surface area (Å²) in [5.74, 6) is -0.221. The van der Waals surface area contributed by atoms with Crippen LogP contribution in [0.3, 0.4) is 0 Å². The Balaban J connectivity index is 1.67. The van der Waals surface area contributed by atoms with Gasteiger partial charge in [-0.3, -0.25) is 4.99 Å². The van der Waals surface area contributed by atoms with Gasteiger partial charge in [0.1, 0.15) is 0 Å². The van der Waals surface area contributed by atoms with Crippen LogP contribution in [-0.4, -0.2) is 22.8 Å². The number of aryl methyl sites for hydroxylation is 1. The van der Waals surface area contributed by atoms with Gasteiger partial charge in [0.15, 0.2) is 11.1 Å². The van der Waals surface area contributed by atoms with Gasteiger partial charge in [-0.05, 0) is 36.5 Å². The van der Waals surface area contributed by atoms with Crippen LogP contribution in [0.5, 0.6) is 0 Å². The molecule has 3 nitrogen and oxygen atoms in total. The van der Waals surface area contributed by atoms with Crippen molar-refractivity contribution in [2.45, 2.75) is 43.7 Å². The van der Waals surface area contributed by atoms with Gasteiger partial charge in [0.2, 0.25) is 0 Å². The summed E-state index contributed by atoms with van der Waals surface area (Å²) in [6, 6.07) is 28.6. The number of nitrogens with zero attached hydrogens (tertiary/aromatic N) is 1. The number of carbonyl (C=O) groups excluding carboxylic acids is 1. The summed E-state index contributed by atoms with van der Waals surface area (Å²) in [4.78, 5) is 18.8. The fourth-order valence-corrected chi connectivity index (χ4v) is 4.74. The number of hydrogen-bond acceptors (Lipinski definition) is 3. The fraction of sp³-hybridized carbons (Fsp3) is 0.259. The summed E-state index contributed by atoms with van der Waals surface area (Å²) in [6.45, 7) is 2.01. The molecule has 1 atom stereocenters. The van der Waals surface area contributed by atoms with Crippen molar-refractivity contribution >= 4 is 11.7 Å². The summed E-state index contributed by atoms with van der Waals surface area (Å²) in [5.41, 5.74) is 3.84. The Morgan fingerprint density at radius 2 is 1.40 bits per heavy atom. The monoisotopic (exact) mass is 395 g/mol. The van der Waals surface area contributed by atoms with Crippen molar-refractivity contribution in [3.63, 3.8) is 0 Å². The average molecular weight is 396 g/mol. The Bertz CT molecular complexity index is 1060. The third-order valence-corrected chi connectivity index (χ3v) is 6.35. The smallest absolute Gasteiger partial charge is 0.335 e. The first-order valence-electron chi connectivity index (χ1n) is 10.6. The lowest BCUT2D eigenvalue weighted by Crippen LogP contribution is -2.57. The van der Waals surface area contributed by atoms with Crippen LogP contribution in [0.25, 0.3) is 0 Å². The highest BCUT2D eigenvalue weighted by Crippen LogP contribution is 2.40. The third kappa shape index (κ3) is 3.24. The SMILES string of the molecule is C[C@@]12CCc3ccccc3C1=NC(Cc1ccccc1)(Cc1ccccc1)C(=O)O2. The van der Waals surface area contributed by atoms with Gasteiger partial charge in [-0.25, -0.2) is 4.79 Å². The maximum Gasteiger partial charge on any atom is 0.335 e.